The van der Waals surface area contributed by atoms with Crippen molar-refractivity contribution in [3.63, 3.8) is 0 Å². The molecule has 276 valence electrons. The maximum Gasteiger partial charge on any atom is 0.408 e. The first-order chi connectivity index (χ1) is 22.2. The molecule has 0 unspecified atom stereocenters. The quantitative estimate of drug-likeness (QED) is 0.439. The number of hydrogen-bond donors (Lipinski definition) is 2. The predicted molar refractivity (Wildman–Crippen MR) is 179 cm³/mol. The summed E-state index contributed by atoms with van der Waals surface area (Å²) >= 11 is 0. The number of hydrogen-bond acceptors (Lipinski definition) is 10. The van der Waals surface area contributed by atoms with Crippen molar-refractivity contribution in [2.75, 3.05) is 0 Å². The number of carbonyl (C=O) groups excluding carboxylic acids is 8. The van der Waals surface area contributed by atoms with E-state index in [0.29, 0.717) is 38.5 Å². The fourth-order valence-electron chi connectivity index (χ4n) is 6.76. The van der Waals surface area contributed by atoms with Gasteiger partial charge in [-0.15, -0.1) is 0 Å². The molecule has 4 rings (SSSR count). The van der Waals surface area contributed by atoms with E-state index in [1.165, 1.54) is 18.7 Å². The molecule has 0 spiro atoms. The van der Waals surface area contributed by atoms with Crippen LogP contribution in [0.5, 0.6) is 0 Å². The zero-order valence-electron chi connectivity index (χ0n) is 29.5. The van der Waals surface area contributed by atoms with Gasteiger partial charge in [0.05, 0.1) is 12.1 Å². The van der Waals surface area contributed by atoms with Crippen LogP contribution in [0.4, 0.5) is 9.59 Å². The van der Waals surface area contributed by atoms with E-state index in [4.69, 9.17) is 9.47 Å². The van der Waals surface area contributed by atoms with Crippen LogP contribution >= 0.6 is 0 Å². The van der Waals surface area contributed by atoms with E-state index in [1.807, 2.05) is 0 Å². The highest BCUT2D eigenvalue weighted by Crippen LogP contribution is 2.32. The fraction of sp³-hybridized carbons (Fsp3) is 0.771. The van der Waals surface area contributed by atoms with Gasteiger partial charge in [0.2, 0.25) is 11.8 Å². The third kappa shape index (κ3) is 11.6. The number of nitrogens with zero attached hydrogens (tertiary/aromatic N) is 2. The number of amides is 4. The van der Waals surface area contributed by atoms with Gasteiger partial charge in [-0.3, -0.25) is 28.8 Å². The van der Waals surface area contributed by atoms with Crippen molar-refractivity contribution >= 4 is 47.1 Å². The van der Waals surface area contributed by atoms with Gasteiger partial charge in [0, 0.05) is 37.8 Å². The van der Waals surface area contributed by atoms with Gasteiger partial charge in [0.1, 0.15) is 34.9 Å². The summed E-state index contributed by atoms with van der Waals surface area (Å²) in [6, 6.07) is -3.14. The summed E-state index contributed by atoms with van der Waals surface area (Å²) in [5.41, 5.74) is -1.38. The average Bonchev–Trinajstić information content (AvgIpc) is 3.54. The molecule has 49 heavy (non-hydrogen) atoms. The zero-order valence-corrected chi connectivity index (χ0v) is 29.5. The van der Waals surface area contributed by atoms with Crippen molar-refractivity contribution < 1.29 is 47.8 Å². The number of fused-ring (bicyclic) bond motifs is 2. The van der Waals surface area contributed by atoms with E-state index in [1.54, 1.807) is 46.4 Å². The van der Waals surface area contributed by atoms with Crippen molar-refractivity contribution in [3.05, 3.63) is 0 Å². The van der Waals surface area contributed by atoms with Crippen molar-refractivity contribution in [2.24, 2.45) is 0 Å². The standard InChI is InChI=1S/2C17H26N2O5.CH4/c1-10(20)14-8-5-11-9-12(21)6-7-13(15(22)19(11)14)18-16(23)24-17(2,3)4;1-10(20)14-8-6-11-5-7-12(21)9-13(15(22)19(11)14)18-16(23)24-17(2,3)4;/h2*11,13-14H,5-9H2,1-4H3,(H,18,23);1H4/t11-,13+,14+;11-,13-,14-;/m10./s1. The van der Waals surface area contributed by atoms with E-state index in [-0.39, 0.29) is 80.1 Å². The van der Waals surface area contributed by atoms with Crippen LogP contribution in [-0.2, 0) is 38.2 Å². The first-order valence-corrected chi connectivity index (χ1v) is 16.8. The molecule has 0 aromatic heterocycles. The molecule has 0 radical (unpaired) electrons. The van der Waals surface area contributed by atoms with Gasteiger partial charge in [0.15, 0.2) is 11.6 Å². The van der Waals surface area contributed by atoms with Crippen LogP contribution in [0.15, 0.2) is 0 Å². The Morgan fingerprint density at radius 1 is 0.592 bits per heavy atom. The van der Waals surface area contributed by atoms with Crippen LogP contribution in [0.1, 0.15) is 127 Å². The Labute approximate surface area is 289 Å². The van der Waals surface area contributed by atoms with Gasteiger partial charge in [-0.1, -0.05) is 7.43 Å². The molecule has 4 aliphatic rings. The molecule has 4 fully saturated rings. The molecule has 4 saturated heterocycles. The van der Waals surface area contributed by atoms with Gasteiger partial charge in [-0.2, -0.15) is 0 Å². The first kappa shape index (κ1) is 41.3. The topological polar surface area (TPSA) is 186 Å². The van der Waals surface area contributed by atoms with Crippen LogP contribution in [0.25, 0.3) is 0 Å². The van der Waals surface area contributed by atoms with E-state index in [9.17, 15) is 38.4 Å². The Morgan fingerprint density at radius 2 is 1.00 bits per heavy atom. The Hall–Kier alpha value is -3.84. The van der Waals surface area contributed by atoms with Crippen LogP contribution in [-0.4, -0.2) is 104 Å². The number of alkyl carbamates (subject to hydrolysis) is 2. The second kappa shape index (κ2) is 16.7. The molecule has 4 amide bonds. The number of ketones is 4. The summed E-state index contributed by atoms with van der Waals surface area (Å²) in [6.07, 6.45) is 2.72. The highest BCUT2D eigenvalue weighted by atomic mass is 16.6. The van der Waals surface area contributed by atoms with E-state index >= 15 is 0 Å². The zero-order chi connectivity index (χ0) is 36.1. The third-order valence-electron chi connectivity index (χ3n) is 8.79. The number of nitrogens with one attached hydrogen (secondary N) is 2. The monoisotopic (exact) mass is 692 g/mol. The lowest BCUT2D eigenvalue weighted by molar-refractivity contribution is -0.143. The van der Waals surface area contributed by atoms with E-state index in [2.05, 4.69) is 10.6 Å². The molecule has 0 bridgehead atoms. The van der Waals surface area contributed by atoms with Crippen LogP contribution in [0, 0.1) is 0 Å². The van der Waals surface area contributed by atoms with Crippen molar-refractivity contribution in [1.82, 2.24) is 20.4 Å². The van der Waals surface area contributed by atoms with Crippen LogP contribution in [0.3, 0.4) is 0 Å². The molecular weight excluding hydrogens is 636 g/mol. The average molecular weight is 693 g/mol. The number of ether oxygens (including phenoxy) is 2. The molecule has 0 aromatic rings. The smallest absolute Gasteiger partial charge is 0.408 e. The molecule has 0 aromatic carbocycles. The molecular formula is C35H56N4O10. The third-order valence-corrected chi connectivity index (χ3v) is 8.79. The van der Waals surface area contributed by atoms with Crippen LogP contribution < -0.4 is 10.6 Å². The second-order valence-electron chi connectivity index (χ2n) is 15.2. The van der Waals surface area contributed by atoms with Gasteiger partial charge in [-0.25, -0.2) is 9.59 Å². The van der Waals surface area contributed by atoms with Crippen LogP contribution in [0.2, 0.25) is 0 Å². The highest BCUT2D eigenvalue weighted by Gasteiger charge is 2.45. The van der Waals surface area contributed by atoms with Gasteiger partial charge in [0.25, 0.3) is 0 Å². The molecule has 6 atom stereocenters. The maximum absolute atomic E-state index is 12.9. The van der Waals surface area contributed by atoms with Gasteiger partial charge < -0.3 is 29.9 Å². The lowest BCUT2D eigenvalue weighted by Gasteiger charge is -2.34. The highest BCUT2D eigenvalue weighted by molar-refractivity contribution is 5.96. The Morgan fingerprint density at radius 3 is 1.49 bits per heavy atom. The van der Waals surface area contributed by atoms with Gasteiger partial charge >= 0.3 is 12.2 Å². The largest absolute Gasteiger partial charge is 0.444 e. The fourth-order valence-corrected chi connectivity index (χ4v) is 6.76. The minimum absolute atomic E-state index is 0. The molecule has 2 N–H and O–H groups in total. The normalized spacial score (nSPS) is 27.4. The summed E-state index contributed by atoms with van der Waals surface area (Å²) < 4.78 is 10.4. The van der Waals surface area contributed by atoms with Crippen molar-refractivity contribution in [3.8, 4) is 0 Å². The van der Waals surface area contributed by atoms with Gasteiger partial charge in [-0.05, 0) is 93.9 Å². The summed E-state index contributed by atoms with van der Waals surface area (Å²) in [6.45, 7) is 13.3. The van der Waals surface area contributed by atoms with E-state index < -0.39 is 47.6 Å². The number of Topliss-reactive ketones (excluding diaryl/α,β-unsaturated/α-hetero) is 4. The molecule has 0 saturated carbocycles. The molecule has 4 aliphatic heterocycles. The van der Waals surface area contributed by atoms with E-state index in [0.717, 1.165) is 0 Å². The molecule has 14 heteroatoms. The SMILES string of the molecule is C.CC(=O)[C@@H]1CC[C@@H]2CC(=O)CC[C@H](NC(=O)OC(C)(C)C)C(=O)N21.CC(=O)[C@@H]1CC[C@@H]2CCC(=O)C[C@H](NC(=O)OC(C)(C)C)C(=O)N21. The first-order valence-electron chi connectivity index (χ1n) is 16.8. The predicted octanol–water partition coefficient (Wildman–Crippen LogP) is 3.80. The summed E-state index contributed by atoms with van der Waals surface area (Å²) in [5, 5.41) is 5.08. The lowest BCUT2D eigenvalue weighted by atomic mass is 9.98. The minimum atomic E-state index is -0.977. The Bertz CT molecular complexity index is 1300. The summed E-state index contributed by atoms with van der Waals surface area (Å²) in [7, 11) is 0. The Balaban J connectivity index is 0.000000333. The minimum Gasteiger partial charge on any atom is -0.444 e. The summed E-state index contributed by atoms with van der Waals surface area (Å²) in [5.74, 6) is -0.815. The number of rotatable bonds is 4. The number of carbonyl (C=O) groups is 8. The second-order valence-corrected chi connectivity index (χ2v) is 15.2. The molecule has 4 heterocycles. The summed E-state index contributed by atoms with van der Waals surface area (Å²) in [4.78, 5) is 101. The molecule has 0 aliphatic carbocycles. The van der Waals surface area contributed by atoms with Crippen molar-refractivity contribution in [2.45, 2.75) is 174 Å². The Kier molecular flexibility index (Phi) is 14.1. The maximum atomic E-state index is 12.9. The van der Waals surface area contributed by atoms with Crippen molar-refractivity contribution in [1.29, 1.82) is 0 Å². The molecule has 14 nitrogen and oxygen atoms in total. The lowest BCUT2D eigenvalue weighted by Crippen LogP contribution is -2.56.